The lowest BCUT2D eigenvalue weighted by Gasteiger charge is -2.50. The Kier molecular flexibility index (Phi) is 3.46. The van der Waals surface area contributed by atoms with E-state index in [0.29, 0.717) is 10.9 Å². The maximum Gasteiger partial charge on any atom is 0.141 e. The molecule has 0 aromatic heterocycles. The Hall–Kier alpha value is -0.760. The van der Waals surface area contributed by atoms with Gasteiger partial charge in [0.2, 0.25) is 0 Å². The van der Waals surface area contributed by atoms with Gasteiger partial charge in [-0.15, -0.1) is 0 Å². The molecule has 2 bridgehead atoms. The van der Waals surface area contributed by atoms with Crippen molar-refractivity contribution in [2.45, 2.75) is 18.4 Å². The molecule has 1 unspecified atom stereocenters. The zero-order valence-electron chi connectivity index (χ0n) is 10.5. The highest BCUT2D eigenvalue weighted by Gasteiger charge is 2.47. The third-order valence-electron chi connectivity index (χ3n) is 4.24. The summed E-state index contributed by atoms with van der Waals surface area (Å²) in [5.41, 5.74) is 0.496. The van der Waals surface area contributed by atoms with Gasteiger partial charge in [-0.2, -0.15) is 5.26 Å². The van der Waals surface area contributed by atoms with E-state index in [9.17, 15) is 5.26 Å². The maximum absolute atomic E-state index is 9.67. The van der Waals surface area contributed by atoms with Crippen LogP contribution < -0.4 is 5.32 Å². The minimum absolute atomic E-state index is 0.442. The van der Waals surface area contributed by atoms with Crippen molar-refractivity contribution in [1.29, 1.82) is 5.26 Å². The molecule has 3 fully saturated rings. The Balaban J connectivity index is 1.87. The van der Waals surface area contributed by atoms with Crippen LogP contribution in [0.4, 0.5) is 5.69 Å². The number of rotatable bonds is 2. The summed E-state index contributed by atoms with van der Waals surface area (Å²) in [7, 11) is 0. The van der Waals surface area contributed by atoms with Crippen LogP contribution in [0.5, 0.6) is 0 Å². The molecule has 0 saturated carbocycles. The molecule has 0 spiro atoms. The number of anilines is 1. The standard InChI is InChI=1S/C14H15BrClN3/c15-12-7-11(1-2-13(12)16)18-14(8-17)9-19-5-3-10(14)4-6-19/h1-2,7,10,18H,3-6,9H2. The molecule has 3 aliphatic rings. The molecule has 3 nitrogen and oxygen atoms in total. The lowest BCUT2D eigenvalue weighted by molar-refractivity contribution is 0.0675. The zero-order valence-corrected chi connectivity index (χ0v) is 12.8. The van der Waals surface area contributed by atoms with E-state index in [1.165, 1.54) is 0 Å². The van der Waals surface area contributed by atoms with Crippen molar-refractivity contribution < 1.29 is 0 Å². The number of nitrogens with zero attached hydrogens (tertiary/aromatic N) is 2. The molecule has 0 aliphatic carbocycles. The largest absolute Gasteiger partial charge is 0.366 e. The van der Waals surface area contributed by atoms with Gasteiger partial charge >= 0.3 is 0 Å². The summed E-state index contributed by atoms with van der Waals surface area (Å²) in [6, 6.07) is 8.26. The molecule has 3 saturated heterocycles. The molecular formula is C14H15BrClN3. The fraction of sp³-hybridized carbons (Fsp3) is 0.500. The van der Waals surface area contributed by atoms with Crippen molar-refractivity contribution in [1.82, 2.24) is 4.90 Å². The molecule has 4 rings (SSSR count). The fourth-order valence-electron chi connectivity index (χ4n) is 3.19. The number of nitrogens with one attached hydrogen (secondary N) is 1. The van der Waals surface area contributed by atoms with Crippen LogP contribution >= 0.6 is 27.5 Å². The highest BCUT2D eigenvalue weighted by molar-refractivity contribution is 9.10. The average molecular weight is 341 g/mol. The number of hydrogen-bond donors (Lipinski definition) is 1. The van der Waals surface area contributed by atoms with Crippen molar-refractivity contribution >= 4 is 33.2 Å². The molecule has 3 heterocycles. The van der Waals surface area contributed by atoms with Gasteiger partial charge < -0.3 is 5.32 Å². The van der Waals surface area contributed by atoms with E-state index in [1.54, 1.807) is 0 Å². The summed E-state index contributed by atoms with van der Waals surface area (Å²) >= 11 is 9.43. The lowest BCUT2D eigenvalue weighted by Crippen LogP contribution is -2.62. The van der Waals surface area contributed by atoms with Crippen LogP contribution in [0.15, 0.2) is 22.7 Å². The van der Waals surface area contributed by atoms with Gasteiger partial charge in [-0.3, -0.25) is 4.90 Å². The third kappa shape index (κ3) is 2.35. The molecule has 1 atom stereocenters. The van der Waals surface area contributed by atoms with E-state index in [1.807, 2.05) is 18.2 Å². The predicted molar refractivity (Wildman–Crippen MR) is 80.3 cm³/mol. The van der Waals surface area contributed by atoms with Crippen molar-refractivity contribution in [3.8, 4) is 6.07 Å². The second-order valence-corrected chi connectivity index (χ2v) is 6.65. The minimum atomic E-state index is -0.455. The summed E-state index contributed by atoms with van der Waals surface area (Å²) in [6.45, 7) is 3.06. The maximum atomic E-state index is 9.67. The molecule has 1 aromatic carbocycles. The van der Waals surface area contributed by atoms with Gasteiger partial charge in [0.05, 0.1) is 11.1 Å². The quantitative estimate of drug-likeness (QED) is 0.895. The van der Waals surface area contributed by atoms with E-state index < -0.39 is 5.54 Å². The van der Waals surface area contributed by atoms with Crippen LogP contribution in [0.25, 0.3) is 0 Å². The number of halogens is 2. The Bertz CT molecular complexity index is 534. The number of piperidine rings is 3. The van der Waals surface area contributed by atoms with E-state index in [2.05, 4.69) is 32.2 Å². The van der Waals surface area contributed by atoms with Gasteiger partial charge in [-0.25, -0.2) is 0 Å². The third-order valence-corrected chi connectivity index (χ3v) is 5.46. The molecule has 5 heteroatoms. The van der Waals surface area contributed by atoms with Crippen LogP contribution in [0.3, 0.4) is 0 Å². The van der Waals surface area contributed by atoms with Crippen LogP contribution in [-0.2, 0) is 0 Å². The van der Waals surface area contributed by atoms with E-state index in [0.717, 1.165) is 42.6 Å². The monoisotopic (exact) mass is 339 g/mol. The Morgan fingerprint density at radius 2 is 2.16 bits per heavy atom. The predicted octanol–water partition coefficient (Wildman–Crippen LogP) is 3.50. The van der Waals surface area contributed by atoms with Crippen LogP contribution in [-0.4, -0.2) is 30.1 Å². The van der Waals surface area contributed by atoms with Crippen LogP contribution in [0, 0.1) is 17.2 Å². The summed E-state index contributed by atoms with van der Waals surface area (Å²) in [4.78, 5) is 2.38. The second-order valence-electron chi connectivity index (χ2n) is 5.39. The first-order valence-corrected chi connectivity index (χ1v) is 7.67. The summed E-state index contributed by atoms with van der Waals surface area (Å²) in [5, 5.41) is 13.8. The Morgan fingerprint density at radius 3 is 2.68 bits per heavy atom. The molecule has 1 N–H and O–H groups in total. The Morgan fingerprint density at radius 1 is 1.42 bits per heavy atom. The molecule has 100 valence electrons. The van der Waals surface area contributed by atoms with Crippen molar-refractivity contribution in [3.05, 3.63) is 27.7 Å². The van der Waals surface area contributed by atoms with E-state index in [4.69, 9.17) is 11.6 Å². The number of nitriles is 1. The van der Waals surface area contributed by atoms with Gasteiger partial charge in [0, 0.05) is 16.7 Å². The first-order chi connectivity index (χ1) is 9.13. The van der Waals surface area contributed by atoms with Crippen LogP contribution in [0.1, 0.15) is 12.8 Å². The fourth-order valence-corrected chi connectivity index (χ4v) is 3.69. The SMILES string of the molecule is N#CC1(Nc2ccc(Cl)c(Br)c2)CN2CCC1CC2. The topological polar surface area (TPSA) is 39.1 Å². The van der Waals surface area contributed by atoms with Crippen LogP contribution in [0.2, 0.25) is 5.02 Å². The smallest absolute Gasteiger partial charge is 0.141 e. The van der Waals surface area contributed by atoms with Gasteiger partial charge in [0.25, 0.3) is 0 Å². The summed E-state index contributed by atoms with van der Waals surface area (Å²) in [6.07, 6.45) is 2.21. The summed E-state index contributed by atoms with van der Waals surface area (Å²) in [5.74, 6) is 0.442. The van der Waals surface area contributed by atoms with Gasteiger partial charge in [-0.05, 0) is 66.0 Å². The average Bonchev–Trinajstić information content (AvgIpc) is 2.44. The first kappa shape index (κ1) is 13.2. The molecular weight excluding hydrogens is 326 g/mol. The van der Waals surface area contributed by atoms with Gasteiger partial charge in [-0.1, -0.05) is 11.6 Å². The van der Waals surface area contributed by atoms with Crippen molar-refractivity contribution in [2.24, 2.45) is 5.92 Å². The minimum Gasteiger partial charge on any atom is -0.366 e. The number of hydrogen-bond acceptors (Lipinski definition) is 3. The number of fused-ring (bicyclic) bond motifs is 3. The molecule has 1 aromatic rings. The summed E-state index contributed by atoms with van der Waals surface area (Å²) < 4.78 is 0.855. The molecule has 0 radical (unpaired) electrons. The van der Waals surface area contributed by atoms with E-state index >= 15 is 0 Å². The second kappa shape index (κ2) is 4.97. The zero-order chi connectivity index (χ0) is 13.5. The Labute approximate surface area is 126 Å². The normalized spacial score (nSPS) is 32.9. The van der Waals surface area contributed by atoms with Crippen molar-refractivity contribution in [3.63, 3.8) is 0 Å². The van der Waals surface area contributed by atoms with Gasteiger partial charge in [0.1, 0.15) is 5.54 Å². The molecule has 0 amide bonds. The lowest BCUT2D eigenvalue weighted by atomic mass is 9.73. The molecule has 3 aliphatic heterocycles. The number of benzene rings is 1. The first-order valence-electron chi connectivity index (χ1n) is 6.50. The van der Waals surface area contributed by atoms with Crippen molar-refractivity contribution in [2.75, 3.05) is 25.0 Å². The van der Waals surface area contributed by atoms with Gasteiger partial charge in [0.15, 0.2) is 0 Å². The highest BCUT2D eigenvalue weighted by Crippen LogP contribution is 2.38. The highest BCUT2D eigenvalue weighted by atomic mass is 79.9. The van der Waals surface area contributed by atoms with E-state index in [-0.39, 0.29) is 0 Å². The molecule has 19 heavy (non-hydrogen) atoms.